The summed E-state index contributed by atoms with van der Waals surface area (Å²) >= 11 is 0. The predicted octanol–water partition coefficient (Wildman–Crippen LogP) is 2.72. The second-order valence-electron chi connectivity index (χ2n) is 5.50. The minimum absolute atomic E-state index is 0. The van der Waals surface area contributed by atoms with E-state index in [-0.39, 0.29) is 29.4 Å². The average molecular weight is 359 g/mol. The summed E-state index contributed by atoms with van der Waals surface area (Å²) in [6.07, 6.45) is 0. The Balaban J connectivity index is 0.00000162. The van der Waals surface area contributed by atoms with Gasteiger partial charge < -0.3 is 10.2 Å². The first-order valence-corrected chi connectivity index (χ1v) is 6.10. The molecule has 1 aliphatic rings. The lowest BCUT2D eigenvalue weighted by molar-refractivity contribution is 0.259. The molecule has 1 aromatic carbocycles. The van der Waals surface area contributed by atoms with Gasteiger partial charge in [0.2, 0.25) is 0 Å². The second kappa shape index (κ2) is 6.41. The summed E-state index contributed by atoms with van der Waals surface area (Å²) in [4.78, 5) is 6.81. The van der Waals surface area contributed by atoms with E-state index >= 15 is 0 Å². The van der Waals surface area contributed by atoms with E-state index in [9.17, 15) is 0 Å². The Morgan fingerprint density at radius 2 is 1.94 bits per heavy atom. The zero-order valence-corrected chi connectivity index (χ0v) is 13.6. The van der Waals surface area contributed by atoms with Gasteiger partial charge in [-0.15, -0.1) is 24.0 Å². The van der Waals surface area contributed by atoms with Gasteiger partial charge >= 0.3 is 0 Å². The number of hydrogen-bond acceptors (Lipinski definition) is 3. The fraction of sp³-hybridized carbons (Fsp3) is 0.500. The van der Waals surface area contributed by atoms with Gasteiger partial charge in [0.1, 0.15) is 0 Å². The second-order valence-corrected chi connectivity index (χ2v) is 5.50. The molecule has 0 spiro atoms. The van der Waals surface area contributed by atoms with Gasteiger partial charge in [0.05, 0.1) is 0 Å². The smallest absolute Gasteiger partial charge is 0.193 e. The van der Waals surface area contributed by atoms with E-state index in [1.807, 2.05) is 6.07 Å². The van der Waals surface area contributed by atoms with E-state index in [2.05, 4.69) is 60.4 Å². The lowest BCUT2D eigenvalue weighted by Gasteiger charge is -2.36. The molecule has 2 rings (SSSR count). The van der Waals surface area contributed by atoms with Crippen molar-refractivity contribution in [2.75, 3.05) is 20.1 Å². The number of hydrogen-bond donors (Lipinski definition) is 1. The molecule has 0 saturated heterocycles. The van der Waals surface area contributed by atoms with Gasteiger partial charge in [0.25, 0.3) is 0 Å². The van der Waals surface area contributed by atoms with Crippen LogP contribution in [0.15, 0.2) is 35.3 Å². The molecule has 1 heterocycles. The molecule has 0 fully saturated rings. The molecule has 0 unspecified atom stereocenters. The Morgan fingerprint density at radius 1 is 1.28 bits per heavy atom. The Kier molecular flexibility index (Phi) is 5.44. The van der Waals surface area contributed by atoms with Crippen LogP contribution in [0, 0.1) is 5.41 Å². The normalized spacial score (nSPS) is 17.7. The Hall–Kier alpha value is -0.780. The van der Waals surface area contributed by atoms with Crippen molar-refractivity contribution in [3.05, 3.63) is 35.9 Å². The van der Waals surface area contributed by atoms with Gasteiger partial charge in [-0.05, 0) is 5.56 Å². The van der Waals surface area contributed by atoms with Crippen molar-refractivity contribution in [2.45, 2.75) is 20.4 Å². The maximum Gasteiger partial charge on any atom is 0.193 e. The maximum atomic E-state index is 4.61. The van der Waals surface area contributed by atoms with Gasteiger partial charge in [-0.25, -0.2) is 0 Å². The Morgan fingerprint density at radius 3 is 2.56 bits per heavy atom. The van der Waals surface area contributed by atoms with Crippen LogP contribution in [-0.4, -0.2) is 31.0 Å². The monoisotopic (exact) mass is 359 g/mol. The van der Waals surface area contributed by atoms with Gasteiger partial charge in [0.15, 0.2) is 5.96 Å². The van der Waals surface area contributed by atoms with Gasteiger partial charge in [-0.1, -0.05) is 44.2 Å². The summed E-state index contributed by atoms with van der Waals surface area (Å²) in [6.45, 7) is 7.29. The fourth-order valence-electron chi connectivity index (χ4n) is 2.14. The zero-order valence-electron chi connectivity index (χ0n) is 11.3. The van der Waals surface area contributed by atoms with Gasteiger partial charge in [-0.2, -0.15) is 0 Å². The molecule has 0 atom stereocenters. The zero-order chi connectivity index (χ0) is 12.3. The van der Waals surface area contributed by atoms with Crippen LogP contribution in [-0.2, 0) is 6.54 Å². The van der Waals surface area contributed by atoms with E-state index in [0.717, 1.165) is 25.6 Å². The van der Waals surface area contributed by atoms with Crippen LogP contribution in [0.25, 0.3) is 0 Å². The van der Waals surface area contributed by atoms with Crippen LogP contribution in [0.2, 0.25) is 0 Å². The standard InChI is InChI=1S/C14H21N3.HI/c1-14(2)10-16-13(17(3)11-14)15-9-12-7-5-4-6-8-12;/h4-8H,9-11H2,1-3H3,(H,15,16);1H. The number of guanidine groups is 1. The molecule has 0 radical (unpaired) electrons. The molecule has 0 amide bonds. The van der Waals surface area contributed by atoms with Crippen LogP contribution >= 0.6 is 24.0 Å². The number of nitrogens with one attached hydrogen (secondary N) is 1. The average Bonchev–Trinajstić information content (AvgIpc) is 2.28. The van der Waals surface area contributed by atoms with Crippen molar-refractivity contribution >= 4 is 29.9 Å². The number of halogens is 1. The molecule has 4 heteroatoms. The highest BCUT2D eigenvalue weighted by atomic mass is 127. The van der Waals surface area contributed by atoms with E-state index < -0.39 is 0 Å². The molecule has 1 aromatic rings. The number of benzene rings is 1. The first-order chi connectivity index (χ1) is 8.07. The Labute approximate surface area is 127 Å². The summed E-state index contributed by atoms with van der Waals surface area (Å²) in [5.41, 5.74) is 1.57. The molecular formula is C14H22IN3. The van der Waals surface area contributed by atoms with Crippen molar-refractivity contribution < 1.29 is 0 Å². The predicted molar refractivity (Wildman–Crippen MR) is 87.4 cm³/mol. The third-order valence-corrected chi connectivity index (χ3v) is 2.98. The fourth-order valence-corrected chi connectivity index (χ4v) is 2.14. The lowest BCUT2D eigenvalue weighted by Crippen LogP contribution is -2.48. The van der Waals surface area contributed by atoms with Crippen molar-refractivity contribution in [3.8, 4) is 0 Å². The van der Waals surface area contributed by atoms with Crippen molar-refractivity contribution in [1.29, 1.82) is 0 Å². The Bertz CT molecular complexity index is 401. The minimum Gasteiger partial charge on any atom is -0.352 e. The van der Waals surface area contributed by atoms with Gasteiger partial charge in [0, 0.05) is 32.1 Å². The van der Waals surface area contributed by atoms with E-state index in [0.29, 0.717) is 0 Å². The maximum absolute atomic E-state index is 4.61. The summed E-state index contributed by atoms with van der Waals surface area (Å²) in [7, 11) is 2.09. The quantitative estimate of drug-likeness (QED) is 0.823. The van der Waals surface area contributed by atoms with Crippen LogP contribution in [0.1, 0.15) is 19.4 Å². The summed E-state index contributed by atoms with van der Waals surface area (Å²) in [6, 6.07) is 10.4. The molecular weight excluding hydrogens is 337 g/mol. The van der Waals surface area contributed by atoms with Crippen molar-refractivity contribution in [2.24, 2.45) is 10.4 Å². The van der Waals surface area contributed by atoms with E-state index in [1.54, 1.807) is 0 Å². The topological polar surface area (TPSA) is 27.6 Å². The number of aliphatic imine (C=N–C) groups is 1. The SMILES string of the molecule is CN1CC(C)(C)CN=C1NCc1ccccc1.I. The molecule has 3 nitrogen and oxygen atoms in total. The molecule has 0 aliphatic carbocycles. The summed E-state index contributed by atoms with van der Waals surface area (Å²) in [5.74, 6) is 1.01. The van der Waals surface area contributed by atoms with Crippen molar-refractivity contribution in [3.63, 3.8) is 0 Å². The molecule has 1 N–H and O–H groups in total. The molecule has 0 aromatic heterocycles. The van der Waals surface area contributed by atoms with Crippen molar-refractivity contribution in [1.82, 2.24) is 10.2 Å². The number of rotatable bonds is 2. The first kappa shape index (κ1) is 15.3. The minimum atomic E-state index is 0. The first-order valence-electron chi connectivity index (χ1n) is 6.10. The molecule has 1 aliphatic heterocycles. The molecule has 100 valence electrons. The van der Waals surface area contributed by atoms with E-state index in [4.69, 9.17) is 0 Å². The molecule has 18 heavy (non-hydrogen) atoms. The number of nitrogens with zero attached hydrogens (tertiary/aromatic N) is 2. The van der Waals surface area contributed by atoms with Gasteiger partial charge in [-0.3, -0.25) is 4.99 Å². The summed E-state index contributed by atoms with van der Waals surface area (Å²) in [5, 5.41) is 3.40. The lowest BCUT2D eigenvalue weighted by atomic mass is 9.92. The van der Waals surface area contributed by atoms with Crippen LogP contribution in [0.5, 0.6) is 0 Å². The highest BCUT2D eigenvalue weighted by Crippen LogP contribution is 2.20. The highest BCUT2D eigenvalue weighted by molar-refractivity contribution is 14.0. The summed E-state index contributed by atoms with van der Waals surface area (Å²) < 4.78 is 0. The highest BCUT2D eigenvalue weighted by Gasteiger charge is 2.25. The van der Waals surface area contributed by atoms with E-state index in [1.165, 1.54) is 5.56 Å². The third-order valence-electron chi connectivity index (χ3n) is 2.98. The van der Waals surface area contributed by atoms with Crippen LogP contribution in [0.3, 0.4) is 0 Å². The third kappa shape index (κ3) is 4.15. The molecule has 0 saturated carbocycles. The largest absolute Gasteiger partial charge is 0.352 e. The van der Waals surface area contributed by atoms with Crippen LogP contribution in [0.4, 0.5) is 0 Å². The van der Waals surface area contributed by atoms with Crippen LogP contribution < -0.4 is 5.32 Å². The molecule has 0 bridgehead atoms.